The minimum atomic E-state index is 0.402. The minimum Gasteiger partial charge on any atom is -0.369 e. The van der Waals surface area contributed by atoms with Crippen molar-refractivity contribution in [3.8, 4) is 6.07 Å². The maximum atomic E-state index is 9.08. The van der Waals surface area contributed by atoms with Crippen LogP contribution in [-0.4, -0.2) is 20.6 Å². The van der Waals surface area contributed by atoms with Crippen molar-refractivity contribution >= 4 is 28.7 Å². The van der Waals surface area contributed by atoms with E-state index in [4.69, 9.17) is 11.0 Å². The summed E-state index contributed by atoms with van der Waals surface area (Å²) < 4.78 is 2.15. The third-order valence-corrected chi connectivity index (χ3v) is 5.29. The van der Waals surface area contributed by atoms with E-state index in [1.807, 2.05) is 23.9 Å². The number of nitrogens with two attached hydrogens (primary N) is 1. The van der Waals surface area contributed by atoms with Crippen molar-refractivity contribution in [1.29, 1.82) is 5.26 Å². The number of nitriles is 1. The quantitative estimate of drug-likeness (QED) is 0.939. The molecule has 0 radical (unpaired) electrons. The Morgan fingerprint density at radius 2 is 2.35 bits per heavy atom. The molecule has 0 spiro atoms. The molecule has 1 aromatic carbocycles. The van der Waals surface area contributed by atoms with Crippen molar-refractivity contribution in [3.05, 3.63) is 23.8 Å². The molecule has 0 aliphatic heterocycles. The fraction of sp³-hybridized carbons (Fsp3) is 0.467. The largest absolute Gasteiger partial charge is 0.369 e. The summed E-state index contributed by atoms with van der Waals surface area (Å²) in [4.78, 5) is 4.45. The van der Waals surface area contributed by atoms with Crippen LogP contribution < -0.4 is 5.73 Å². The third kappa shape index (κ3) is 2.14. The molecule has 5 heteroatoms. The molecule has 1 saturated carbocycles. The molecule has 0 bridgehead atoms. The SMILES string of the molecule is CCSC1CCCC1n1c(N)nc2ccc(C#N)cc21. The number of hydrogen-bond donors (Lipinski definition) is 1. The summed E-state index contributed by atoms with van der Waals surface area (Å²) in [6.07, 6.45) is 3.61. The lowest BCUT2D eigenvalue weighted by Crippen LogP contribution is -2.18. The zero-order chi connectivity index (χ0) is 14.1. The highest BCUT2D eigenvalue weighted by Gasteiger charge is 2.31. The number of aromatic nitrogens is 2. The van der Waals surface area contributed by atoms with Crippen LogP contribution >= 0.6 is 11.8 Å². The van der Waals surface area contributed by atoms with E-state index >= 15 is 0 Å². The molecule has 1 aliphatic carbocycles. The van der Waals surface area contributed by atoms with Crippen LogP contribution in [0.25, 0.3) is 11.0 Å². The Morgan fingerprint density at radius 3 is 3.10 bits per heavy atom. The summed E-state index contributed by atoms with van der Waals surface area (Å²) in [5.74, 6) is 1.70. The number of nitrogens with zero attached hydrogens (tertiary/aromatic N) is 3. The van der Waals surface area contributed by atoms with Gasteiger partial charge in [-0.15, -0.1) is 0 Å². The molecule has 4 nitrogen and oxygen atoms in total. The maximum absolute atomic E-state index is 9.08. The second-order valence-corrected chi connectivity index (χ2v) is 6.66. The van der Waals surface area contributed by atoms with Gasteiger partial charge in [-0.25, -0.2) is 4.98 Å². The first-order chi connectivity index (χ1) is 9.74. The predicted molar refractivity (Wildman–Crippen MR) is 83.7 cm³/mol. The number of hydrogen-bond acceptors (Lipinski definition) is 4. The molecule has 20 heavy (non-hydrogen) atoms. The molecule has 2 N–H and O–H groups in total. The van der Waals surface area contributed by atoms with Gasteiger partial charge in [-0.05, 0) is 36.8 Å². The van der Waals surface area contributed by atoms with Gasteiger partial charge < -0.3 is 10.3 Å². The highest BCUT2D eigenvalue weighted by molar-refractivity contribution is 7.99. The van der Waals surface area contributed by atoms with Crippen LogP contribution in [0.1, 0.15) is 37.8 Å². The van der Waals surface area contributed by atoms with E-state index in [2.05, 4.69) is 22.5 Å². The fourth-order valence-corrected chi connectivity index (χ4v) is 4.38. The van der Waals surface area contributed by atoms with Gasteiger partial charge in [-0.1, -0.05) is 13.3 Å². The van der Waals surface area contributed by atoms with Gasteiger partial charge in [0.25, 0.3) is 0 Å². The van der Waals surface area contributed by atoms with Crippen LogP contribution in [0.3, 0.4) is 0 Å². The molecule has 2 aromatic rings. The number of thioether (sulfide) groups is 1. The lowest BCUT2D eigenvalue weighted by Gasteiger charge is -2.22. The number of fused-ring (bicyclic) bond motifs is 1. The molecule has 2 atom stereocenters. The molecule has 0 saturated heterocycles. The first kappa shape index (κ1) is 13.3. The Hall–Kier alpha value is -1.67. The van der Waals surface area contributed by atoms with E-state index in [-0.39, 0.29) is 0 Å². The van der Waals surface area contributed by atoms with Crippen LogP contribution in [0.4, 0.5) is 5.95 Å². The Balaban J connectivity index is 2.10. The maximum Gasteiger partial charge on any atom is 0.201 e. The van der Waals surface area contributed by atoms with Gasteiger partial charge >= 0.3 is 0 Å². The monoisotopic (exact) mass is 286 g/mol. The lowest BCUT2D eigenvalue weighted by molar-refractivity contribution is 0.549. The van der Waals surface area contributed by atoms with Crippen molar-refractivity contribution in [3.63, 3.8) is 0 Å². The van der Waals surface area contributed by atoms with Crippen molar-refractivity contribution in [1.82, 2.24) is 9.55 Å². The van der Waals surface area contributed by atoms with Crippen molar-refractivity contribution in [2.24, 2.45) is 0 Å². The Labute approximate surface area is 123 Å². The summed E-state index contributed by atoms with van der Waals surface area (Å²) in [5, 5.41) is 9.68. The van der Waals surface area contributed by atoms with Gasteiger partial charge in [-0.2, -0.15) is 17.0 Å². The molecule has 1 aromatic heterocycles. The van der Waals surface area contributed by atoms with Crippen molar-refractivity contribution in [2.45, 2.75) is 37.5 Å². The first-order valence-corrected chi connectivity index (χ1v) is 8.08. The molecular formula is C15H18N4S. The molecule has 1 heterocycles. The number of rotatable bonds is 3. The van der Waals surface area contributed by atoms with E-state index in [1.54, 1.807) is 6.07 Å². The highest BCUT2D eigenvalue weighted by atomic mass is 32.2. The van der Waals surface area contributed by atoms with Crippen LogP contribution in [0.5, 0.6) is 0 Å². The van der Waals surface area contributed by atoms with Crippen molar-refractivity contribution < 1.29 is 0 Å². The molecular weight excluding hydrogens is 268 g/mol. The molecule has 1 aliphatic rings. The third-order valence-electron chi connectivity index (χ3n) is 3.98. The van der Waals surface area contributed by atoms with Crippen molar-refractivity contribution in [2.75, 3.05) is 11.5 Å². The normalized spacial score (nSPS) is 22.2. The molecule has 0 amide bonds. The summed E-state index contributed by atoms with van der Waals surface area (Å²) in [6.45, 7) is 2.20. The molecule has 104 valence electrons. The number of benzene rings is 1. The second-order valence-electron chi connectivity index (χ2n) is 5.15. The first-order valence-electron chi connectivity index (χ1n) is 7.03. The number of imidazole rings is 1. The molecule has 2 unspecified atom stereocenters. The average molecular weight is 286 g/mol. The van der Waals surface area contributed by atoms with Gasteiger partial charge in [0.1, 0.15) is 0 Å². The van der Waals surface area contributed by atoms with E-state index in [0.29, 0.717) is 22.8 Å². The van der Waals surface area contributed by atoms with E-state index < -0.39 is 0 Å². The Kier molecular flexibility index (Phi) is 3.58. The van der Waals surface area contributed by atoms with Crippen LogP contribution in [0.15, 0.2) is 18.2 Å². The summed E-state index contributed by atoms with van der Waals surface area (Å²) in [5.41, 5.74) is 8.68. The summed E-state index contributed by atoms with van der Waals surface area (Å²) in [6, 6.07) is 8.19. The Morgan fingerprint density at radius 1 is 1.50 bits per heavy atom. The summed E-state index contributed by atoms with van der Waals surface area (Å²) in [7, 11) is 0. The van der Waals surface area contributed by atoms with E-state index in [9.17, 15) is 0 Å². The van der Waals surface area contributed by atoms with Gasteiger partial charge in [0, 0.05) is 11.3 Å². The zero-order valence-electron chi connectivity index (χ0n) is 11.5. The Bertz CT molecular complexity index is 670. The smallest absolute Gasteiger partial charge is 0.201 e. The zero-order valence-corrected chi connectivity index (χ0v) is 12.4. The molecule has 1 fully saturated rings. The standard InChI is InChI=1S/C15H18N4S/c1-2-20-14-5-3-4-12(14)19-13-8-10(9-16)6-7-11(13)18-15(19)17/h6-8,12,14H,2-5H2,1H3,(H2,17,18). The highest BCUT2D eigenvalue weighted by Crippen LogP contribution is 2.41. The summed E-state index contributed by atoms with van der Waals surface area (Å²) >= 11 is 2.00. The number of nitrogen functional groups attached to an aromatic ring is 1. The van der Waals surface area contributed by atoms with Gasteiger partial charge in [0.15, 0.2) is 0 Å². The second kappa shape index (κ2) is 5.37. The number of anilines is 1. The van der Waals surface area contributed by atoms with Gasteiger partial charge in [0.2, 0.25) is 5.95 Å². The van der Waals surface area contributed by atoms with Crippen LogP contribution in [-0.2, 0) is 0 Å². The molecule has 3 rings (SSSR count). The topological polar surface area (TPSA) is 67.6 Å². The lowest BCUT2D eigenvalue weighted by atomic mass is 10.2. The van der Waals surface area contributed by atoms with Crippen LogP contribution in [0.2, 0.25) is 0 Å². The van der Waals surface area contributed by atoms with Gasteiger partial charge in [0.05, 0.1) is 22.7 Å². The van der Waals surface area contributed by atoms with E-state index in [1.165, 1.54) is 12.8 Å². The van der Waals surface area contributed by atoms with Crippen LogP contribution in [0, 0.1) is 11.3 Å². The average Bonchev–Trinajstić information content (AvgIpc) is 3.01. The van der Waals surface area contributed by atoms with Gasteiger partial charge in [-0.3, -0.25) is 0 Å². The predicted octanol–water partition coefficient (Wildman–Crippen LogP) is 3.34. The minimum absolute atomic E-state index is 0.402. The fourth-order valence-electron chi connectivity index (χ4n) is 3.14. The van der Waals surface area contributed by atoms with E-state index in [0.717, 1.165) is 23.2 Å².